The highest BCUT2D eigenvalue weighted by molar-refractivity contribution is 6.74. The van der Waals surface area contributed by atoms with Gasteiger partial charge in [-0.2, -0.15) is 0 Å². The van der Waals surface area contributed by atoms with Crippen LogP contribution in [0.1, 0.15) is 162 Å². The van der Waals surface area contributed by atoms with Gasteiger partial charge in [0.15, 0.2) is 8.32 Å². The maximum absolute atomic E-state index is 11.6. The van der Waals surface area contributed by atoms with Crippen LogP contribution in [-0.2, 0) is 15.7 Å². The summed E-state index contributed by atoms with van der Waals surface area (Å²) in [5.41, 5.74) is 1.32. The van der Waals surface area contributed by atoms with Crippen molar-refractivity contribution in [3.05, 3.63) is 48.2 Å². The number of benzene rings is 1. The molecule has 0 aromatic heterocycles. The number of rotatable bonds is 22. The van der Waals surface area contributed by atoms with E-state index in [1.54, 1.807) is 0 Å². The Balaban J connectivity index is 1.69. The Morgan fingerprint density at radius 1 is 0.851 bits per heavy atom. The van der Waals surface area contributed by atoms with Crippen molar-refractivity contribution in [2.24, 2.45) is 11.8 Å². The Morgan fingerprint density at radius 2 is 1.45 bits per heavy atom. The molecule has 4 nitrogen and oxygen atoms in total. The summed E-state index contributed by atoms with van der Waals surface area (Å²) in [6.45, 7) is 15.1. The number of ether oxygens (including phenoxy) is 1. The lowest BCUT2D eigenvalue weighted by Crippen LogP contribution is -2.45. The zero-order valence-corrected chi connectivity index (χ0v) is 32.6. The van der Waals surface area contributed by atoms with E-state index in [-0.39, 0.29) is 23.4 Å². The van der Waals surface area contributed by atoms with Crippen molar-refractivity contribution in [3.63, 3.8) is 0 Å². The zero-order valence-electron chi connectivity index (χ0n) is 31.6. The van der Waals surface area contributed by atoms with Crippen LogP contribution in [-0.4, -0.2) is 37.8 Å². The average molecular weight is 670 g/mol. The largest absolute Gasteiger partial charge is 0.495 e. The van der Waals surface area contributed by atoms with E-state index in [9.17, 15) is 5.11 Å². The summed E-state index contributed by atoms with van der Waals surface area (Å²) >= 11 is 0. The zero-order chi connectivity index (χ0) is 34.0. The molecule has 270 valence electrons. The van der Waals surface area contributed by atoms with Crippen molar-refractivity contribution in [2.75, 3.05) is 0 Å². The summed E-state index contributed by atoms with van der Waals surface area (Å²) in [5.74, 6) is 0.867. The molecule has 0 unspecified atom stereocenters. The molecular weight excluding hydrogens is 595 g/mol. The maximum Gasteiger partial charge on any atom is 0.192 e. The van der Waals surface area contributed by atoms with E-state index in [2.05, 4.69) is 82.5 Å². The summed E-state index contributed by atoms with van der Waals surface area (Å²) < 4.78 is 13.7. The SMILES string of the molecule is CCCCCCCCC[C@@H](C[C@H](C/C=C/O[C@H](C1CCCCC1)[C@H](O)C1CCCCC1)NCc1ccccc1)O[Si](C)(C)C(C)(C)C. The van der Waals surface area contributed by atoms with E-state index in [0.29, 0.717) is 17.9 Å². The van der Waals surface area contributed by atoms with Gasteiger partial charge in [-0.05, 0) is 86.6 Å². The number of hydrogen-bond donors (Lipinski definition) is 2. The first-order valence-corrected chi connectivity index (χ1v) is 22.9. The van der Waals surface area contributed by atoms with E-state index in [0.717, 1.165) is 38.6 Å². The molecule has 0 aliphatic heterocycles. The molecule has 5 heteroatoms. The van der Waals surface area contributed by atoms with Gasteiger partial charge in [-0.1, -0.05) is 141 Å². The molecule has 0 saturated heterocycles. The molecule has 2 fully saturated rings. The van der Waals surface area contributed by atoms with E-state index in [1.807, 2.05) is 6.26 Å². The Bertz CT molecular complexity index is 948. The van der Waals surface area contributed by atoms with Crippen molar-refractivity contribution >= 4 is 8.32 Å². The second-order valence-electron chi connectivity index (χ2n) is 16.7. The minimum absolute atomic E-state index is 0.0719. The van der Waals surface area contributed by atoms with E-state index in [4.69, 9.17) is 9.16 Å². The Kier molecular flexibility index (Phi) is 18.7. The quantitative estimate of drug-likeness (QED) is 0.0733. The molecule has 2 aliphatic carbocycles. The van der Waals surface area contributed by atoms with Gasteiger partial charge in [-0.15, -0.1) is 0 Å². The second kappa shape index (κ2) is 21.8. The number of aliphatic hydroxyl groups excluding tert-OH is 1. The van der Waals surface area contributed by atoms with Gasteiger partial charge in [-0.3, -0.25) is 0 Å². The molecule has 0 amide bonds. The monoisotopic (exact) mass is 670 g/mol. The fourth-order valence-electron chi connectivity index (χ4n) is 7.63. The third-order valence-corrected chi connectivity index (χ3v) is 16.3. The van der Waals surface area contributed by atoms with Crippen LogP contribution in [0.4, 0.5) is 0 Å². The molecule has 1 aromatic carbocycles. The van der Waals surface area contributed by atoms with Crippen LogP contribution < -0.4 is 5.32 Å². The van der Waals surface area contributed by atoms with Crippen LogP contribution >= 0.6 is 0 Å². The highest BCUT2D eigenvalue weighted by Crippen LogP contribution is 2.39. The van der Waals surface area contributed by atoms with Gasteiger partial charge < -0.3 is 19.6 Å². The molecule has 2 N–H and O–H groups in total. The third-order valence-electron chi connectivity index (χ3n) is 11.7. The predicted octanol–water partition coefficient (Wildman–Crippen LogP) is 11.9. The average Bonchev–Trinajstić information content (AvgIpc) is 3.07. The summed E-state index contributed by atoms with van der Waals surface area (Å²) in [7, 11) is -1.91. The first-order chi connectivity index (χ1) is 22.6. The van der Waals surface area contributed by atoms with Crippen LogP contribution in [0.15, 0.2) is 42.7 Å². The highest BCUT2D eigenvalue weighted by atomic mass is 28.4. The van der Waals surface area contributed by atoms with Gasteiger partial charge in [0.2, 0.25) is 0 Å². The highest BCUT2D eigenvalue weighted by Gasteiger charge is 2.39. The van der Waals surface area contributed by atoms with Crippen LogP contribution in [0.2, 0.25) is 18.1 Å². The first-order valence-electron chi connectivity index (χ1n) is 20.0. The summed E-state index contributed by atoms with van der Waals surface area (Å²) in [4.78, 5) is 0. The van der Waals surface area contributed by atoms with Gasteiger partial charge in [0.25, 0.3) is 0 Å². The molecule has 4 atom stereocenters. The van der Waals surface area contributed by atoms with E-state index in [1.165, 1.54) is 102 Å². The topological polar surface area (TPSA) is 50.7 Å². The van der Waals surface area contributed by atoms with Crippen LogP contribution in [0.3, 0.4) is 0 Å². The molecule has 2 aliphatic rings. The molecule has 1 aromatic rings. The van der Waals surface area contributed by atoms with Gasteiger partial charge in [-0.25, -0.2) is 0 Å². The lowest BCUT2D eigenvalue weighted by Gasteiger charge is -2.40. The third kappa shape index (κ3) is 15.1. The van der Waals surface area contributed by atoms with E-state index < -0.39 is 8.32 Å². The van der Waals surface area contributed by atoms with Gasteiger partial charge in [0.05, 0.1) is 12.4 Å². The minimum atomic E-state index is -1.91. The Morgan fingerprint density at radius 3 is 2.06 bits per heavy atom. The molecule has 0 radical (unpaired) electrons. The summed E-state index contributed by atoms with van der Waals surface area (Å²) in [5, 5.41) is 15.7. The smallest absolute Gasteiger partial charge is 0.192 e. The molecule has 47 heavy (non-hydrogen) atoms. The number of aliphatic hydroxyl groups is 1. The standard InChI is InChI=1S/C42H75NO3Si/c1-7-8-9-10-11-12-22-31-39(46-47(5,6)42(2,3)4)33-38(43-34-35-24-16-13-17-25-35)30-23-32-45-41(37-28-20-15-21-29-37)40(44)36-26-18-14-19-27-36/h13,16-17,23-25,32,36-41,43-44H,7-12,14-15,18-22,26-31,33-34H2,1-6H3/b32-23+/t38-,39-,40+,41+/m0/s1. The van der Waals surface area contributed by atoms with Crippen molar-refractivity contribution in [1.82, 2.24) is 5.32 Å². The van der Waals surface area contributed by atoms with Crippen LogP contribution in [0, 0.1) is 11.8 Å². The van der Waals surface area contributed by atoms with Crippen molar-refractivity contribution in [2.45, 2.75) is 205 Å². The van der Waals surface area contributed by atoms with Crippen molar-refractivity contribution < 1.29 is 14.3 Å². The Labute approximate surface area is 292 Å². The van der Waals surface area contributed by atoms with Crippen molar-refractivity contribution in [3.8, 4) is 0 Å². The predicted molar refractivity (Wildman–Crippen MR) is 204 cm³/mol. The number of hydrogen-bond acceptors (Lipinski definition) is 4. The molecule has 0 bridgehead atoms. The Hall–Kier alpha value is -1.14. The molecule has 0 spiro atoms. The van der Waals surface area contributed by atoms with Crippen molar-refractivity contribution in [1.29, 1.82) is 0 Å². The van der Waals surface area contributed by atoms with Gasteiger partial charge in [0.1, 0.15) is 6.10 Å². The fourth-order valence-corrected chi connectivity index (χ4v) is 9.03. The summed E-state index contributed by atoms with van der Waals surface area (Å²) in [6.07, 6.45) is 28.8. The number of nitrogens with one attached hydrogen (secondary N) is 1. The second-order valence-corrected chi connectivity index (χ2v) is 21.5. The van der Waals surface area contributed by atoms with Crippen LogP contribution in [0.25, 0.3) is 0 Å². The lowest BCUT2D eigenvalue weighted by atomic mass is 9.76. The fraction of sp³-hybridized carbons (Fsp3) is 0.810. The maximum atomic E-state index is 11.6. The molecule has 3 rings (SSSR count). The van der Waals surface area contributed by atoms with E-state index >= 15 is 0 Å². The molecular formula is C42H75NO3Si. The van der Waals surface area contributed by atoms with Gasteiger partial charge in [0, 0.05) is 18.7 Å². The first kappa shape index (κ1) is 40.3. The van der Waals surface area contributed by atoms with Gasteiger partial charge >= 0.3 is 0 Å². The minimum Gasteiger partial charge on any atom is -0.495 e. The number of unbranched alkanes of at least 4 members (excludes halogenated alkanes) is 6. The lowest BCUT2D eigenvalue weighted by molar-refractivity contribution is -0.0690. The van der Waals surface area contributed by atoms with Crippen LogP contribution in [0.5, 0.6) is 0 Å². The molecule has 0 heterocycles. The summed E-state index contributed by atoms with van der Waals surface area (Å²) in [6, 6.07) is 11.1. The molecule has 2 saturated carbocycles. The normalized spacial score (nSPS) is 19.9.